The highest BCUT2D eigenvalue weighted by Crippen LogP contribution is 2.28. The molecule has 0 unspecified atom stereocenters. The van der Waals surface area contributed by atoms with Crippen molar-refractivity contribution in [2.45, 2.75) is 31.0 Å². The zero-order valence-corrected chi connectivity index (χ0v) is 14.7. The lowest BCUT2D eigenvalue weighted by atomic mass is 10.0. The lowest BCUT2D eigenvalue weighted by Crippen LogP contribution is -2.26. The van der Waals surface area contributed by atoms with Crippen LogP contribution in [0.5, 0.6) is 0 Å². The number of hydrogen-bond acceptors (Lipinski definition) is 3. The molecule has 0 bridgehead atoms. The summed E-state index contributed by atoms with van der Waals surface area (Å²) in [5.41, 5.74) is 3.21. The first-order valence-electron chi connectivity index (χ1n) is 6.14. The SMILES string of the molecule is Cc1ccc(C)c([C@@H](C)NS(=O)(=O)c2ccc(Br)s2)c1. The number of benzene rings is 1. The standard InChI is InChI=1S/C14H16BrNO2S2/c1-9-4-5-10(2)12(8-9)11(3)16-20(17,18)14-7-6-13(15)19-14/h4-8,11,16H,1-3H3/t11-/m1/s1. The number of aryl methyl sites for hydroxylation is 2. The van der Waals surface area contributed by atoms with Gasteiger partial charge in [0.2, 0.25) is 0 Å². The van der Waals surface area contributed by atoms with Crippen LogP contribution in [0.25, 0.3) is 0 Å². The van der Waals surface area contributed by atoms with E-state index in [1.54, 1.807) is 12.1 Å². The fourth-order valence-corrected chi connectivity index (χ4v) is 5.27. The minimum Gasteiger partial charge on any atom is -0.206 e. The van der Waals surface area contributed by atoms with E-state index in [2.05, 4.69) is 20.7 Å². The van der Waals surface area contributed by atoms with E-state index in [0.717, 1.165) is 20.5 Å². The van der Waals surface area contributed by atoms with Gasteiger partial charge in [-0.15, -0.1) is 11.3 Å². The largest absolute Gasteiger partial charge is 0.250 e. The molecular weight excluding hydrogens is 358 g/mol. The first-order chi connectivity index (χ1) is 9.29. The Morgan fingerprint density at radius 3 is 2.50 bits per heavy atom. The molecule has 1 N–H and O–H groups in total. The van der Waals surface area contributed by atoms with Crippen LogP contribution in [-0.2, 0) is 10.0 Å². The molecule has 20 heavy (non-hydrogen) atoms. The molecular formula is C14H16BrNO2S2. The monoisotopic (exact) mass is 373 g/mol. The lowest BCUT2D eigenvalue weighted by molar-refractivity contribution is 0.568. The van der Waals surface area contributed by atoms with Crippen molar-refractivity contribution in [3.05, 3.63) is 50.8 Å². The summed E-state index contributed by atoms with van der Waals surface area (Å²) in [6.07, 6.45) is 0. The molecule has 0 amide bonds. The van der Waals surface area contributed by atoms with Gasteiger partial charge in [-0.25, -0.2) is 13.1 Å². The maximum absolute atomic E-state index is 12.3. The molecule has 0 aliphatic heterocycles. The first kappa shape index (κ1) is 15.7. The Morgan fingerprint density at radius 1 is 1.20 bits per heavy atom. The molecule has 0 saturated carbocycles. The molecule has 1 aromatic carbocycles. The van der Waals surface area contributed by atoms with Gasteiger partial charge in [-0.05, 0) is 60.0 Å². The van der Waals surface area contributed by atoms with Gasteiger partial charge in [-0.3, -0.25) is 0 Å². The Labute approximate surface area is 132 Å². The van der Waals surface area contributed by atoms with Gasteiger partial charge in [0.15, 0.2) is 0 Å². The zero-order valence-electron chi connectivity index (χ0n) is 11.5. The van der Waals surface area contributed by atoms with E-state index in [-0.39, 0.29) is 6.04 Å². The second-order valence-corrected chi connectivity index (χ2v) is 9.17. The van der Waals surface area contributed by atoms with Crippen molar-refractivity contribution in [1.82, 2.24) is 4.72 Å². The van der Waals surface area contributed by atoms with E-state index >= 15 is 0 Å². The van der Waals surface area contributed by atoms with E-state index in [9.17, 15) is 8.42 Å². The lowest BCUT2D eigenvalue weighted by Gasteiger charge is -2.16. The zero-order chi connectivity index (χ0) is 14.9. The minimum absolute atomic E-state index is 0.263. The molecule has 0 saturated heterocycles. The van der Waals surface area contributed by atoms with Crippen LogP contribution in [-0.4, -0.2) is 8.42 Å². The molecule has 3 nitrogen and oxygen atoms in total. The number of sulfonamides is 1. The molecule has 0 fully saturated rings. The highest BCUT2D eigenvalue weighted by atomic mass is 79.9. The predicted molar refractivity (Wildman–Crippen MR) is 86.7 cm³/mol. The number of hydrogen-bond donors (Lipinski definition) is 1. The summed E-state index contributed by atoms with van der Waals surface area (Å²) in [4.78, 5) is 0. The van der Waals surface area contributed by atoms with Gasteiger partial charge in [0, 0.05) is 6.04 Å². The maximum atomic E-state index is 12.3. The third-order valence-corrected chi connectivity index (χ3v) is 6.70. The second kappa shape index (κ2) is 5.97. The van der Waals surface area contributed by atoms with E-state index in [0.29, 0.717) is 4.21 Å². The number of nitrogens with one attached hydrogen (secondary N) is 1. The van der Waals surface area contributed by atoms with Crippen molar-refractivity contribution < 1.29 is 8.42 Å². The summed E-state index contributed by atoms with van der Waals surface area (Å²) in [5.74, 6) is 0. The fourth-order valence-electron chi connectivity index (χ4n) is 2.02. The van der Waals surface area contributed by atoms with Crippen LogP contribution in [0.2, 0.25) is 0 Å². The Morgan fingerprint density at radius 2 is 1.90 bits per heavy atom. The highest BCUT2D eigenvalue weighted by Gasteiger charge is 2.21. The Bertz CT molecular complexity index is 723. The van der Waals surface area contributed by atoms with Gasteiger partial charge < -0.3 is 0 Å². The second-order valence-electron chi connectivity index (χ2n) is 4.76. The van der Waals surface area contributed by atoms with Crippen LogP contribution in [0.1, 0.15) is 29.7 Å². The van der Waals surface area contributed by atoms with Crippen molar-refractivity contribution in [2.24, 2.45) is 0 Å². The summed E-state index contributed by atoms with van der Waals surface area (Å²) in [6, 6.07) is 9.13. The molecule has 2 rings (SSSR count). The summed E-state index contributed by atoms with van der Waals surface area (Å²) >= 11 is 4.49. The van der Waals surface area contributed by atoms with Gasteiger partial charge in [-0.1, -0.05) is 23.8 Å². The molecule has 1 atom stereocenters. The maximum Gasteiger partial charge on any atom is 0.250 e. The molecule has 108 valence electrons. The Balaban J connectivity index is 2.27. The summed E-state index contributed by atoms with van der Waals surface area (Å²) in [6.45, 7) is 5.85. The first-order valence-corrected chi connectivity index (χ1v) is 9.23. The van der Waals surface area contributed by atoms with Gasteiger partial charge >= 0.3 is 0 Å². The highest BCUT2D eigenvalue weighted by molar-refractivity contribution is 9.11. The number of thiophene rings is 1. The van der Waals surface area contributed by atoms with Gasteiger partial charge in [0.1, 0.15) is 4.21 Å². The molecule has 0 aliphatic rings. The summed E-state index contributed by atoms with van der Waals surface area (Å²) in [5, 5.41) is 0. The third-order valence-electron chi connectivity index (χ3n) is 3.05. The quantitative estimate of drug-likeness (QED) is 0.873. The van der Waals surface area contributed by atoms with E-state index in [4.69, 9.17) is 0 Å². The Kier molecular flexibility index (Phi) is 4.69. The van der Waals surface area contributed by atoms with Gasteiger partial charge in [0.05, 0.1) is 3.79 Å². The van der Waals surface area contributed by atoms with Crippen LogP contribution in [0.3, 0.4) is 0 Å². The number of rotatable bonds is 4. The van der Waals surface area contributed by atoms with E-state index in [1.165, 1.54) is 11.3 Å². The average molecular weight is 374 g/mol. The molecule has 0 aliphatic carbocycles. The van der Waals surface area contributed by atoms with Crippen LogP contribution < -0.4 is 4.72 Å². The summed E-state index contributed by atoms with van der Waals surface area (Å²) < 4.78 is 28.5. The van der Waals surface area contributed by atoms with Crippen molar-refractivity contribution in [3.8, 4) is 0 Å². The molecule has 6 heteroatoms. The van der Waals surface area contributed by atoms with Crippen LogP contribution in [0.4, 0.5) is 0 Å². The Hall–Kier alpha value is -0.690. The molecule has 1 aromatic heterocycles. The average Bonchev–Trinajstić information content (AvgIpc) is 2.79. The topological polar surface area (TPSA) is 46.2 Å². The normalized spacial score (nSPS) is 13.4. The molecule has 2 aromatic rings. The van der Waals surface area contributed by atoms with Crippen molar-refractivity contribution in [1.29, 1.82) is 0 Å². The molecule has 0 radical (unpaired) electrons. The summed E-state index contributed by atoms with van der Waals surface area (Å²) in [7, 11) is -3.48. The molecule has 0 spiro atoms. The van der Waals surface area contributed by atoms with Crippen molar-refractivity contribution in [2.75, 3.05) is 0 Å². The van der Waals surface area contributed by atoms with Gasteiger partial charge in [0.25, 0.3) is 10.0 Å². The van der Waals surface area contributed by atoms with E-state index < -0.39 is 10.0 Å². The minimum atomic E-state index is -3.48. The van der Waals surface area contributed by atoms with Crippen molar-refractivity contribution >= 4 is 37.3 Å². The smallest absolute Gasteiger partial charge is 0.206 e. The van der Waals surface area contributed by atoms with Gasteiger partial charge in [-0.2, -0.15) is 0 Å². The van der Waals surface area contributed by atoms with Crippen molar-refractivity contribution in [3.63, 3.8) is 0 Å². The fraction of sp³-hybridized carbons (Fsp3) is 0.286. The van der Waals surface area contributed by atoms with Crippen LogP contribution >= 0.6 is 27.3 Å². The van der Waals surface area contributed by atoms with E-state index in [1.807, 2.05) is 39.0 Å². The predicted octanol–water partition coefficient (Wildman–Crippen LogP) is 4.17. The van der Waals surface area contributed by atoms with Crippen LogP contribution in [0, 0.1) is 13.8 Å². The number of halogens is 1. The van der Waals surface area contributed by atoms with Crippen LogP contribution in [0.15, 0.2) is 38.3 Å². The molecule has 1 heterocycles. The third kappa shape index (κ3) is 3.49.